The molecule has 1 aromatic carbocycles. The average molecular weight is 339 g/mol. The predicted molar refractivity (Wildman–Crippen MR) is 95.4 cm³/mol. The first-order chi connectivity index (χ1) is 12.1. The Morgan fingerprint density at radius 3 is 2.84 bits per heavy atom. The van der Waals surface area contributed by atoms with Gasteiger partial charge in [0.05, 0.1) is 24.9 Å². The van der Waals surface area contributed by atoms with E-state index in [1.54, 1.807) is 25.3 Å². The number of para-hydroxylation sites is 1. The first-order valence-electron chi connectivity index (χ1n) is 8.07. The van der Waals surface area contributed by atoms with Crippen molar-refractivity contribution in [3.05, 3.63) is 60.1 Å². The maximum Gasteiger partial charge on any atom is 0.318 e. The molecule has 0 saturated heterocycles. The number of nitrogens with one attached hydrogen (secondary N) is 1. The topological polar surface area (TPSA) is 67.6 Å². The molecule has 0 saturated carbocycles. The second-order valence-electron chi connectivity index (χ2n) is 5.80. The van der Waals surface area contributed by atoms with Crippen molar-refractivity contribution in [1.29, 1.82) is 0 Å². The van der Waals surface area contributed by atoms with Crippen LogP contribution >= 0.6 is 0 Å². The van der Waals surface area contributed by atoms with E-state index in [0.717, 1.165) is 22.2 Å². The monoisotopic (exact) mass is 339 g/mol. The molecular formula is C19H21N3O3. The van der Waals surface area contributed by atoms with Crippen molar-refractivity contribution in [3.63, 3.8) is 0 Å². The van der Waals surface area contributed by atoms with Crippen LogP contribution in [0.2, 0.25) is 0 Å². The molecule has 25 heavy (non-hydrogen) atoms. The number of carbonyl (C=O) groups excluding carboxylic acids is 1. The van der Waals surface area contributed by atoms with Crippen LogP contribution in [0.3, 0.4) is 0 Å². The van der Waals surface area contributed by atoms with E-state index in [-0.39, 0.29) is 12.1 Å². The largest absolute Gasteiger partial charge is 0.481 e. The van der Waals surface area contributed by atoms with Crippen molar-refractivity contribution in [3.8, 4) is 5.88 Å². The van der Waals surface area contributed by atoms with Crippen LogP contribution in [0, 0.1) is 0 Å². The summed E-state index contributed by atoms with van der Waals surface area (Å²) in [6, 6.07) is 13.0. The minimum absolute atomic E-state index is 0.154. The Bertz CT molecular complexity index is 861. The van der Waals surface area contributed by atoms with Crippen LogP contribution in [0.25, 0.3) is 10.9 Å². The molecular weight excluding hydrogens is 318 g/mol. The van der Waals surface area contributed by atoms with Gasteiger partial charge >= 0.3 is 6.03 Å². The van der Waals surface area contributed by atoms with Crippen LogP contribution in [0.1, 0.15) is 24.3 Å². The summed E-state index contributed by atoms with van der Waals surface area (Å²) in [5.74, 6) is 1.27. The zero-order valence-electron chi connectivity index (χ0n) is 14.5. The van der Waals surface area contributed by atoms with Gasteiger partial charge in [-0.15, -0.1) is 0 Å². The van der Waals surface area contributed by atoms with E-state index in [9.17, 15) is 4.79 Å². The predicted octanol–water partition coefficient (Wildman–Crippen LogP) is 3.74. The molecule has 2 aromatic heterocycles. The summed E-state index contributed by atoms with van der Waals surface area (Å²) in [5, 5.41) is 3.94. The number of hydrogen-bond acceptors (Lipinski definition) is 4. The van der Waals surface area contributed by atoms with Gasteiger partial charge in [0.1, 0.15) is 5.76 Å². The highest BCUT2D eigenvalue weighted by atomic mass is 16.5. The van der Waals surface area contributed by atoms with E-state index in [0.29, 0.717) is 12.4 Å². The summed E-state index contributed by atoms with van der Waals surface area (Å²) in [6.07, 6.45) is 1.60. The number of benzene rings is 1. The van der Waals surface area contributed by atoms with Crippen LogP contribution in [-0.4, -0.2) is 30.1 Å². The Labute approximate surface area is 146 Å². The van der Waals surface area contributed by atoms with Crippen LogP contribution < -0.4 is 10.1 Å². The fourth-order valence-electron chi connectivity index (χ4n) is 2.66. The number of ether oxygens (including phenoxy) is 1. The number of hydrogen-bond donors (Lipinski definition) is 1. The Kier molecular flexibility index (Phi) is 4.88. The maximum atomic E-state index is 12.5. The third-order valence-corrected chi connectivity index (χ3v) is 4.27. The van der Waals surface area contributed by atoms with Gasteiger partial charge in [-0.2, -0.15) is 0 Å². The average Bonchev–Trinajstić information content (AvgIpc) is 3.19. The van der Waals surface area contributed by atoms with Crippen LogP contribution in [0.4, 0.5) is 4.79 Å². The van der Waals surface area contributed by atoms with Gasteiger partial charge < -0.3 is 19.4 Å². The summed E-state index contributed by atoms with van der Waals surface area (Å²) in [6.45, 7) is 2.30. The van der Waals surface area contributed by atoms with Gasteiger partial charge in [-0.3, -0.25) is 0 Å². The first-order valence-corrected chi connectivity index (χ1v) is 8.07. The first kappa shape index (κ1) is 16.8. The summed E-state index contributed by atoms with van der Waals surface area (Å²) in [7, 11) is 3.33. The number of furan rings is 1. The smallest absolute Gasteiger partial charge is 0.318 e. The number of urea groups is 1. The van der Waals surface area contributed by atoms with Crippen molar-refractivity contribution in [2.75, 3.05) is 14.2 Å². The Balaban J connectivity index is 1.74. The highest BCUT2D eigenvalue weighted by Gasteiger charge is 2.19. The molecule has 0 aliphatic heterocycles. The summed E-state index contributed by atoms with van der Waals surface area (Å²) in [5.41, 5.74) is 1.79. The van der Waals surface area contributed by atoms with E-state index >= 15 is 0 Å². The number of pyridine rings is 1. The second kappa shape index (κ2) is 7.25. The van der Waals surface area contributed by atoms with Crippen molar-refractivity contribution < 1.29 is 13.9 Å². The zero-order chi connectivity index (χ0) is 17.8. The van der Waals surface area contributed by atoms with Gasteiger partial charge in [0.25, 0.3) is 0 Å². The number of carbonyl (C=O) groups is 1. The van der Waals surface area contributed by atoms with E-state index in [1.165, 1.54) is 0 Å². The summed E-state index contributed by atoms with van der Waals surface area (Å²) < 4.78 is 10.6. The number of fused-ring (bicyclic) bond motifs is 1. The normalized spacial score (nSPS) is 12.0. The highest BCUT2D eigenvalue weighted by molar-refractivity contribution is 5.83. The quantitative estimate of drug-likeness (QED) is 0.769. The van der Waals surface area contributed by atoms with Crippen molar-refractivity contribution in [2.45, 2.75) is 19.5 Å². The van der Waals surface area contributed by atoms with Gasteiger partial charge in [-0.25, -0.2) is 9.78 Å². The number of methoxy groups -OCH3 is 1. The number of amides is 2. The lowest BCUT2D eigenvalue weighted by Gasteiger charge is -2.23. The molecule has 0 fully saturated rings. The lowest BCUT2D eigenvalue weighted by Crippen LogP contribution is -2.38. The lowest BCUT2D eigenvalue weighted by atomic mass is 10.1. The Morgan fingerprint density at radius 2 is 2.12 bits per heavy atom. The number of nitrogens with zero attached hydrogens (tertiary/aromatic N) is 2. The van der Waals surface area contributed by atoms with Crippen molar-refractivity contribution in [2.24, 2.45) is 0 Å². The third-order valence-electron chi connectivity index (χ3n) is 4.27. The molecule has 6 nitrogen and oxygen atoms in total. The minimum Gasteiger partial charge on any atom is -0.481 e. The number of rotatable bonds is 5. The molecule has 1 atom stereocenters. The minimum atomic E-state index is -0.177. The van der Waals surface area contributed by atoms with E-state index in [2.05, 4.69) is 10.3 Å². The SMILES string of the molecule is COc1cc(CNC(=O)N(C)[C@@H](C)c2ccco2)c2ccccc2n1. The summed E-state index contributed by atoms with van der Waals surface area (Å²) >= 11 is 0. The summed E-state index contributed by atoms with van der Waals surface area (Å²) in [4.78, 5) is 18.5. The molecule has 0 aliphatic carbocycles. The van der Waals surface area contributed by atoms with E-state index in [1.807, 2.05) is 49.4 Å². The molecule has 130 valence electrons. The van der Waals surface area contributed by atoms with Gasteiger partial charge in [0.2, 0.25) is 5.88 Å². The highest BCUT2D eigenvalue weighted by Crippen LogP contribution is 2.22. The van der Waals surface area contributed by atoms with Crippen molar-refractivity contribution >= 4 is 16.9 Å². The Morgan fingerprint density at radius 1 is 1.32 bits per heavy atom. The lowest BCUT2D eigenvalue weighted by molar-refractivity contribution is 0.187. The molecule has 0 unspecified atom stereocenters. The fourth-order valence-corrected chi connectivity index (χ4v) is 2.66. The molecule has 6 heteroatoms. The molecule has 2 amide bonds. The molecule has 2 heterocycles. The van der Waals surface area contributed by atoms with Crippen LogP contribution in [0.15, 0.2) is 53.1 Å². The molecule has 0 spiro atoms. The second-order valence-corrected chi connectivity index (χ2v) is 5.80. The van der Waals surface area contributed by atoms with E-state index in [4.69, 9.17) is 9.15 Å². The zero-order valence-corrected chi connectivity index (χ0v) is 14.5. The van der Waals surface area contributed by atoms with E-state index < -0.39 is 0 Å². The van der Waals surface area contributed by atoms with Gasteiger partial charge in [-0.1, -0.05) is 18.2 Å². The third kappa shape index (κ3) is 3.57. The van der Waals surface area contributed by atoms with Crippen LogP contribution in [0.5, 0.6) is 5.88 Å². The van der Waals surface area contributed by atoms with Gasteiger partial charge in [0.15, 0.2) is 0 Å². The van der Waals surface area contributed by atoms with Crippen LogP contribution in [-0.2, 0) is 6.54 Å². The fraction of sp³-hybridized carbons (Fsp3) is 0.263. The number of aromatic nitrogens is 1. The molecule has 0 bridgehead atoms. The van der Waals surface area contributed by atoms with Gasteiger partial charge in [-0.05, 0) is 30.7 Å². The molecule has 1 N–H and O–H groups in total. The standard InChI is InChI=1S/C19H21N3O3/c1-13(17-9-6-10-25-17)22(2)19(23)20-12-14-11-18(24-3)21-16-8-5-4-7-15(14)16/h4-11,13H,12H2,1-3H3,(H,20,23)/t13-/m0/s1. The maximum absolute atomic E-state index is 12.5. The molecule has 3 aromatic rings. The molecule has 0 aliphatic rings. The van der Waals surface area contributed by atoms with Crippen molar-refractivity contribution in [1.82, 2.24) is 15.2 Å². The van der Waals surface area contributed by atoms with Gasteiger partial charge in [0, 0.05) is 25.0 Å². The Hall–Kier alpha value is -3.02. The molecule has 3 rings (SSSR count). The molecule has 0 radical (unpaired) electrons.